The zero-order valence-electron chi connectivity index (χ0n) is 9.81. The Morgan fingerprint density at radius 1 is 1.31 bits per heavy atom. The summed E-state index contributed by atoms with van der Waals surface area (Å²) in [6, 6.07) is 10.2. The average molecular weight is 238 g/mol. The van der Waals surface area contributed by atoms with E-state index in [9.17, 15) is 4.79 Å². The maximum atomic E-state index is 11.2. The number of esters is 1. The lowest BCUT2D eigenvalue weighted by atomic mass is 10.3. The van der Waals surface area contributed by atoms with Crippen LogP contribution in [0.15, 0.2) is 35.2 Å². The van der Waals surface area contributed by atoms with Crippen LogP contribution in [0.25, 0.3) is 0 Å². The second kappa shape index (κ2) is 7.34. The predicted octanol–water partition coefficient (Wildman–Crippen LogP) is 3.51. The molecule has 0 aliphatic carbocycles. The Morgan fingerprint density at radius 2 is 2.00 bits per heavy atom. The topological polar surface area (TPSA) is 26.3 Å². The van der Waals surface area contributed by atoms with Gasteiger partial charge in [0.25, 0.3) is 0 Å². The molecule has 0 bridgehead atoms. The van der Waals surface area contributed by atoms with Gasteiger partial charge in [0.2, 0.25) is 0 Å². The second-order valence-corrected chi connectivity index (χ2v) is 4.97. The summed E-state index contributed by atoms with van der Waals surface area (Å²) < 4.78 is 5.05. The Kier molecular flexibility index (Phi) is 6.01. The minimum atomic E-state index is -0.0938. The van der Waals surface area contributed by atoms with Gasteiger partial charge in [-0.1, -0.05) is 18.2 Å². The maximum absolute atomic E-state index is 11.2. The Labute approximate surface area is 101 Å². The molecule has 0 aliphatic heterocycles. The number of rotatable bonds is 6. The molecular weight excluding hydrogens is 220 g/mol. The van der Waals surface area contributed by atoms with Crippen LogP contribution >= 0.6 is 11.8 Å². The number of ether oxygens (including phenoxy) is 1. The minimum absolute atomic E-state index is 0.00530. The smallest absolute Gasteiger partial charge is 0.306 e. The number of hydrogen-bond donors (Lipinski definition) is 0. The third-order valence-corrected chi connectivity index (χ3v) is 3.00. The summed E-state index contributed by atoms with van der Waals surface area (Å²) in [6.45, 7) is 3.74. The van der Waals surface area contributed by atoms with Crippen LogP contribution in [0.5, 0.6) is 0 Å². The van der Waals surface area contributed by atoms with Crippen molar-refractivity contribution in [3.05, 3.63) is 30.3 Å². The Bertz CT molecular complexity index is 309. The molecule has 0 spiro atoms. The highest BCUT2D eigenvalue weighted by molar-refractivity contribution is 7.99. The highest BCUT2D eigenvalue weighted by Gasteiger charge is 2.04. The molecule has 88 valence electrons. The van der Waals surface area contributed by atoms with Crippen LogP contribution in [0, 0.1) is 0 Å². The molecule has 0 saturated carbocycles. The van der Waals surface area contributed by atoms with Gasteiger partial charge in [-0.3, -0.25) is 4.79 Å². The Balaban J connectivity index is 2.10. The largest absolute Gasteiger partial charge is 0.463 e. The van der Waals surface area contributed by atoms with Gasteiger partial charge in [0, 0.05) is 11.3 Å². The molecule has 16 heavy (non-hydrogen) atoms. The van der Waals surface area contributed by atoms with E-state index in [1.807, 2.05) is 32.0 Å². The highest BCUT2D eigenvalue weighted by Crippen LogP contribution is 2.18. The molecule has 2 nitrogen and oxygen atoms in total. The van der Waals surface area contributed by atoms with Crippen molar-refractivity contribution in [1.29, 1.82) is 0 Å². The third-order valence-electron chi connectivity index (χ3n) is 1.90. The van der Waals surface area contributed by atoms with E-state index in [1.54, 1.807) is 11.8 Å². The lowest BCUT2D eigenvalue weighted by molar-refractivity contribution is -0.147. The summed E-state index contributed by atoms with van der Waals surface area (Å²) in [6.07, 6.45) is 1.37. The number of hydrogen-bond acceptors (Lipinski definition) is 3. The van der Waals surface area contributed by atoms with Gasteiger partial charge in [-0.15, -0.1) is 11.8 Å². The van der Waals surface area contributed by atoms with Crippen molar-refractivity contribution in [2.75, 3.05) is 5.75 Å². The quantitative estimate of drug-likeness (QED) is 0.431. The fraction of sp³-hybridized carbons (Fsp3) is 0.462. The first-order valence-corrected chi connectivity index (χ1v) is 6.54. The van der Waals surface area contributed by atoms with E-state index in [1.165, 1.54) is 4.90 Å². The molecule has 0 atom stereocenters. The molecule has 0 N–H and O–H groups in total. The molecule has 0 saturated heterocycles. The first kappa shape index (κ1) is 13.1. The summed E-state index contributed by atoms with van der Waals surface area (Å²) >= 11 is 1.77. The van der Waals surface area contributed by atoms with Crippen molar-refractivity contribution in [3.63, 3.8) is 0 Å². The summed E-state index contributed by atoms with van der Waals surface area (Å²) in [4.78, 5) is 12.5. The van der Waals surface area contributed by atoms with Gasteiger partial charge in [-0.25, -0.2) is 0 Å². The normalized spacial score (nSPS) is 10.4. The molecule has 3 heteroatoms. The lowest BCUT2D eigenvalue weighted by Crippen LogP contribution is -2.11. The summed E-state index contributed by atoms with van der Waals surface area (Å²) in [5.41, 5.74) is 0. The van der Waals surface area contributed by atoms with Gasteiger partial charge in [0.05, 0.1) is 6.10 Å². The minimum Gasteiger partial charge on any atom is -0.463 e. The summed E-state index contributed by atoms with van der Waals surface area (Å²) in [5, 5.41) is 0. The second-order valence-electron chi connectivity index (χ2n) is 3.80. The number of thioether (sulfide) groups is 1. The van der Waals surface area contributed by atoms with Crippen molar-refractivity contribution in [2.24, 2.45) is 0 Å². The van der Waals surface area contributed by atoms with E-state index in [4.69, 9.17) is 4.74 Å². The van der Waals surface area contributed by atoms with Crippen molar-refractivity contribution >= 4 is 17.7 Å². The first-order chi connectivity index (χ1) is 7.68. The van der Waals surface area contributed by atoms with Crippen LogP contribution in [-0.4, -0.2) is 17.8 Å². The molecular formula is C13H18O2S. The first-order valence-electron chi connectivity index (χ1n) is 5.56. The van der Waals surface area contributed by atoms with Crippen molar-refractivity contribution in [3.8, 4) is 0 Å². The van der Waals surface area contributed by atoms with Crippen LogP contribution < -0.4 is 0 Å². The molecule has 0 heterocycles. The van der Waals surface area contributed by atoms with Gasteiger partial charge < -0.3 is 4.74 Å². The lowest BCUT2D eigenvalue weighted by Gasteiger charge is -2.07. The van der Waals surface area contributed by atoms with Gasteiger partial charge in [0.1, 0.15) is 0 Å². The van der Waals surface area contributed by atoms with Crippen molar-refractivity contribution in [1.82, 2.24) is 0 Å². The van der Waals surface area contributed by atoms with E-state index in [0.717, 1.165) is 12.2 Å². The highest BCUT2D eigenvalue weighted by atomic mass is 32.2. The van der Waals surface area contributed by atoms with E-state index in [2.05, 4.69) is 12.1 Å². The third kappa shape index (κ3) is 5.81. The van der Waals surface area contributed by atoms with E-state index in [0.29, 0.717) is 6.42 Å². The zero-order chi connectivity index (χ0) is 11.8. The van der Waals surface area contributed by atoms with Crippen molar-refractivity contribution in [2.45, 2.75) is 37.7 Å². The molecule has 1 rings (SSSR count). The number of carbonyl (C=O) groups excluding carboxylic acids is 1. The van der Waals surface area contributed by atoms with Gasteiger partial charge in [-0.05, 0) is 38.2 Å². The standard InChI is InChI=1S/C13H18O2S/c1-11(2)15-13(14)9-6-10-16-12-7-4-3-5-8-12/h3-5,7-8,11H,6,9-10H2,1-2H3. The van der Waals surface area contributed by atoms with E-state index in [-0.39, 0.29) is 12.1 Å². The molecule has 0 unspecified atom stereocenters. The van der Waals surface area contributed by atoms with Gasteiger partial charge in [0.15, 0.2) is 0 Å². The predicted molar refractivity (Wildman–Crippen MR) is 67.6 cm³/mol. The summed E-state index contributed by atoms with van der Waals surface area (Å²) in [5.74, 6) is 0.862. The molecule has 0 radical (unpaired) electrons. The van der Waals surface area contributed by atoms with Crippen LogP contribution in [0.2, 0.25) is 0 Å². The van der Waals surface area contributed by atoms with Crippen molar-refractivity contribution < 1.29 is 9.53 Å². The maximum Gasteiger partial charge on any atom is 0.306 e. The number of carbonyl (C=O) groups is 1. The molecule has 0 aliphatic rings. The van der Waals surface area contributed by atoms with Crippen LogP contribution in [0.4, 0.5) is 0 Å². The van der Waals surface area contributed by atoms with Crippen LogP contribution in [-0.2, 0) is 9.53 Å². The molecule has 1 aromatic carbocycles. The van der Waals surface area contributed by atoms with Crippen LogP contribution in [0.3, 0.4) is 0 Å². The van der Waals surface area contributed by atoms with E-state index >= 15 is 0 Å². The zero-order valence-corrected chi connectivity index (χ0v) is 10.6. The molecule has 0 aromatic heterocycles. The average Bonchev–Trinajstić information content (AvgIpc) is 2.25. The number of benzene rings is 1. The van der Waals surface area contributed by atoms with E-state index < -0.39 is 0 Å². The molecule has 1 aromatic rings. The van der Waals surface area contributed by atoms with Crippen LogP contribution in [0.1, 0.15) is 26.7 Å². The molecule has 0 amide bonds. The van der Waals surface area contributed by atoms with Gasteiger partial charge in [-0.2, -0.15) is 0 Å². The Hall–Kier alpha value is -0.960. The SMILES string of the molecule is CC(C)OC(=O)CCCSc1ccccc1. The molecule has 0 fully saturated rings. The van der Waals surface area contributed by atoms with Gasteiger partial charge >= 0.3 is 5.97 Å². The fourth-order valence-corrected chi connectivity index (χ4v) is 2.12. The fourth-order valence-electron chi connectivity index (χ4n) is 1.25. The summed E-state index contributed by atoms with van der Waals surface area (Å²) in [7, 11) is 0. The monoisotopic (exact) mass is 238 g/mol. The Morgan fingerprint density at radius 3 is 2.62 bits per heavy atom.